The summed E-state index contributed by atoms with van der Waals surface area (Å²) in [6, 6.07) is 0. The van der Waals surface area contributed by atoms with Crippen LogP contribution in [-0.2, 0) is 19.2 Å². The van der Waals surface area contributed by atoms with E-state index in [0.29, 0.717) is 31.8 Å². The summed E-state index contributed by atoms with van der Waals surface area (Å²) in [5.74, 6) is 0.321. The van der Waals surface area contributed by atoms with Crippen LogP contribution in [0, 0.1) is 17.8 Å². The Labute approximate surface area is 228 Å². The van der Waals surface area contributed by atoms with Crippen LogP contribution in [0.15, 0.2) is 0 Å². The fraction of sp³-hybridized carbons (Fsp3) is 0.867. The Morgan fingerprint density at radius 1 is 0.811 bits per heavy atom. The van der Waals surface area contributed by atoms with Crippen LogP contribution in [0.25, 0.3) is 0 Å². The molecule has 2 aliphatic rings. The van der Waals surface area contributed by atoms with Gasteiger partial charge in [-0.05, 0) is 50.9 Å². The lowest BCUT2D eigenvalue weighted by molar-refractivity contribution is -0.140. The van der Waals surface area contributed by atoms with E-state index in [1.54, 1.807) is 0 Å². The lowest BCUT2D eigenvalue weighted by atomic mass is 9.81. The van der Waals surface area contributed by atoms with Crippen LogP contribution in [0.4, 0.5) is 0 Å². The van der Waals surface area contributed by atoms with Gasteiger partial charge in [0.15, 0.2) is 0 Å². The van der Waals surface area contributed by atoms with Gasteiger partial charge in [-0.15, -0.1) is 0 Å². The zero-order valence-electron chi connectivity index (χ0n) is 25.4. The van der Waals surface area contributed by atoms with Gasteiger partial charge in [0, 0.05) is 44.3 Å². The van der Waals surface area contributed by atoms with Crippen molar-refractivity contribution in [1.82, 2.24) is 15.5 Å². The molecule has 0 radical (unpaired) electrons. The summed E-state index contributed by atoms with van der Waals surface area (Å²) in [5.41, 5.74) is 0. The van der Waals surface area contributed by atoms with Crippen LogP contribution in [0.2, 0.25) is 0 Å². The topological polar surface area (TPSA) is 95.6 Å². The fourth-order valence-corrected chi connectivity index (χ4v) is 4.54. The van der Waals surface area contributed by atoms with Gasteiger partial charge in [0.05, 0.1) is 0 Å². The van der Waals surface area contributed by atoms with E-state index in [1.165, 1.54) is 4.90 Å². The monoisotopic (exact) mass is 525 g/mol. The molecule has 0 aromatic carbocycles. The van der Waals surface area contributed by atoms with E-state index in [0.717, 1.165) is 70.8 Å². The van der Waals surface area contributed by atoms with Crippen molar-refractivity contribution >= 4 is 23.6 Å². The molecule has 1 unspecified atom stereocenters. The lowest BCUT2D eigenvalue weighted by Gasteiger charge is -2.30. The van der Waals surface area contributed by atoms with Gasteiger partial charge < -0.3 is 10.6 Å². The van der Waals surface area contributed by atoms with Crippen molar-refractivity contribution < 1.29 is 19.2 Å². The Hall–Kier alpha value is -1.92. The van der Waals surface area contributed by atoms with Crippen LogP contribution >= 0.6 is 0 Å². The number of imide groups is 1. The van der Waals surface area contributed by atoms with Crippen molar-refractivity contribution in [2.24, 2.45) is 17.8 Å². The maximum atomic E-state index is 12.4. The number of unbranched alkanes of at least 4 members (excludes halogenated alkanes) is 4. The summed E-state index contributed by atoms with van der Waals surface area (Å²) in [5, 5.41) is 5.99. The summed E-state index contributed by atoms with van der Waals surface area (Å²) in [7, 11) is 0. The molecule has 1 saturated heterocycles. The number of likely N-dealkylation sites (tertiary alicyclic amines) is 1. The highest BCUT2D eigenvalue weighted by atomic mass is 16.2. The number of carbonyl (C=O) groups is 4. The van der Waals surface area contributed by atoms with Gasteiger partial charge in [-0.2, -0.15) is 0 Å². The molecule has 2 fully saturated rings. The second-order valence-corrected chi connectivity index (χ2v) is 9.32. The third-order valence-corrected chi connectivity index (χ3v) is 6.61. The van der Waals surface area contributed by atoms with E-state index in [1.807, 2.05) is 48.5 Å². The Bertz CT molecular complexity index is 616. The molecule has 1 aliphatic heterocycles. The zero-order valence-corrected chi connectivity index (χ0v) is 25.4. The van der Waals surface area contributed by atoms with Gasteiger partial charge in [-0.25, -0.2) is 0 Å². The first-order chi connectivity index (χ1) is 17.9. The number of nitrogens with one attached hydrogen (secondary N) is 2. The first kappa shape index (κ1) is 37.2. The van der Waals surface area contributed by atoms with Crippen molar-refractivity contribution in [3.63, 3.8) is 0 Å². The van der Waals surface area contributed by atoms with Crippen molar-refractivity contribution in [2.45, 2.75) is 132 Å². The smallest absolute Gasteiger partial charge is 0.232 e. The van der Waals surface area contributed by atoms with E-state index < -0.39 is 0 Å². The lowest BCUT2D eigenvalue weighted by Crippen LogP contribution is -2.38. The molecule has 4 amide bonds. The van der Waals surface area contributed by atoms with Crippen molar-refractivity contribution in [3.8, 4) is 0 Å². The Morgan fingerprint density at radius 3 is 1.92 bits per heavy atom. The maximum Gasteiger partial charge on any atom is 0.232 e. The van der Waals surface area contributed by atoms with Crippen LogP contribution in [0.1, 0.15) is 132 Å². The zero-order chi connectivity index (χ0) is 28.6. The first-order valence-corrected chi connectivity index (χ1v) is 15.3. The number of rotatable bonds is 13. The highest BCUT2D eigenvalue weighted by molar-refractivity contribution is 6.03. The molecule has 0 aromatic heterocycles. The van der Waals surface area contributed by atoms with Crippen molar-refractivity contribution in [1.29, 1.82) is 0 Å². The molecular formula is C30H59N3O4. The minimum Gasteiger partial charge on any atom is -0.356 e. The predicted molar refractivity (Wildman–Crippen MR) is 154 cm³/mol. The molecule has 0 spiro atoms. The Morgan fingerprint density at radius 2 is 1.38 bits per heavy atom. The van der Waals surface area contributed by atoms with Crippen LogP contribution in [0.5, 0.6) is 0 Å². The molecule has 1 aliphatic carbocycles. The average Bonchev–Trinajstić information content (AvgIpc) is 3.18. The molecular weight excluding hydrogens is 466 g/mol. The fourth-order valence-electron chi connectivity index (χ4n) is 4.54. The van der Waals surface area contributed by atoms with Gasteiger partial charge >= 0.3 is 0 Å². The average molecular weight is 526 g/mol. The quantitative estimate of drug-likeness (QED) is 0.219. The predicted octanol–water partition coefficient (Wildman–Crippen LogP) is 6.25. The number of hydrogen-bond donors (Lipinski definition) is 2. The van der Waals surface area contributed by atoms with Gasteiger partial charge in [0.25, 0.3) is 0 Å². The molecule has 37 heavy (non-hydrogen) atoms. The summed E-state index contributed by atoms with van der Waals surface area (Å²) in [4.78, 5) is 49.6. The van der Waals surface area contributed by atoms with Crippen molar-refractivity contribution in [2.75, 3.05) is 19.6 Å². The van der Waals surface area contributed by atoms with E-state index in [9.17, 15) is 19.2 Å². The van der Waals surface area contributed by atoms with E-state index >= 15 is 0 Å². The number of amides is 4. The van der Waals surface area contributed by atoms with Crippen LogP contribution in [-0.4, -0.2) is 48.2 Å². The van der Waals surface area contributed by atoms with E-state index in [4.69, 9.17) is 0 Å². The molecule has 0 aromatic rings. The Balaban J connectivity index is 0. The van der Waals surface area contributed by atoms with E-state index in [-0.39, 0.29) is 35.5 Å². The Kier molecular flexibility index (Phi) is 24.6. The summed E-state index contributed by atoms with van der Waals surface area (Å²) in [6.45, 7) is 17.9. The number of carbonyl (C=O) groups excluding carboxylic acids is 4. The van der Waals surface area contributed by atoms with Crippen molar-refractivity contribution in [3.05, 3.63) is 0 Å². The minimum atomic E-state index is -0.185. The van der Waals surface area contributed by atoms with E-state index in [2.05, 4.69) is 17.6 Å². The van der Waals surface area contributed by atoms with Gasteiger partial charge in [-0.3, -0.25) is 24.1 Å². The largest absolute Gasteiger partial charge is 0.356 e. The summed E-state index contributed by atoms with van der Waals surface area (Å²) < 4.78 is 0. The summed E-state index contributed by atoms with van der Waals surface area (Å²) >= 11 is 0. The standard InChI is InChI=1S/C24H41N3O4.3C2H6/c1-3-4-7-14-25-21(28)9-6-5-8-15-26-23(30)20-12-10-19(11-13-20)17-27-22(29)16-18(2)24(27)31;3*1-2/h18-20H,3-17H2,1-2H3,(H,25,28)(H,26,30);3*1-2H3. The van der Waals surface area contributed by atoms with Crippen LogP contribution < -0.4 is 10.6 Å². The number of hydrogen-bond acceptors (Lipinski definition) is 4. The SMILES string of the molecule is CC.CC.CC.CCCCCNC(=O)CCCCCNC(=O)C1CCC(CN2C(=O)CC(C)C2=O)CC1. The molecule has 1 heterocycles. The molecule has 1 atom stereocenters. The molecule has 1 saturated carbocycles. The second-order valence-electron chi connectivity index (χ2n) is 9.32. The highest BCUT2D eigenvalue weighted by Crippen LogP contribution is 2.31. The molecule has 2 N–H and O–H groups in total. The van der Waals surface area contributed by atoms with Gasteiger partial charge in [0.1, 0.15) is 0 Å². The summed E-state index contributed by atoms with van der Waals surface area (Å²) in [6.07, 6.45) is 10.3. The molecule has 7 heteroatoms. The molecule has 7 nitrogen and oxygen atoms in total. The number of nitrogens with zero attached hydrogens (tertiary/aromatic N) is 1. The third-order valence-electron chi connectivity index (χ3n) is 6.61. The van der Waals surface area contributed by atoms with Gasteiger partial charge in [0.2, 0.25) is 23.6 Å². The maximum absolute atomic E-state index is 12.4. The van der Waals surface area contributed by atoms with Gasteiger partial charge in [-0.1, -0.05) is 74.7 Å². The molecule has 0 bridgehead atoms. The van der Waals surface area contributed by atoms with Crippen LogP contribution in [0.3, 0.4) is 0 Å². The normalized spacial score (nSPS) is 20.4. The molecule has 2 rings (SSSR count). The molecule has 218 valence electrons. The minimum absolute atomic E-state index is 0.0362. The highest BCUT2D eigenvalue weighted by Gasteiger charge is 2.37. The first-order valence-electron chi connectivity index (χ1n) is 15.3. The third kappa shape index (κ3) is 15.8. The second kappa shape index (κ2) is 24.4.